The van der Waals surface area contributed by atoms with Crippen LogP contribution in [0.5, 0.6) is 0 Å². The summed E-state index contributed by atoms with van der Waals surface area (Å²) in [7, 11) is -0.0434. The number of hydrogen-bond donors (Lipinski definition) is 0. The van der Waals surface area contributed by atoms with Gasteiger partial charge >= 0.3 is 145 Å². The Kier molecular flexibility index (Phi) is 7.61. The quantitative estimate of drug-likeness (QED) is 0.518. The molecule has 3 saturated carbocycles. The van der Waals surface area contributed by atoms with Gasteiger partial charge in [0.2, 0.25) is 0 Å². The van der Waals surface area contributed by atoms with Crippen molar-refractivity contribution in [3.8, 4) is 0 Å². The molecule has 0 aliphatic heterocycles. The molecule has 3 aliphatic rings. The molecule has 0 spiro atoms. The molecule has 0 radical (unpaired) electrons. The molecule has 0 aromatic carbocycles. The van der Waals surface area contributed by atoms with E-state index >= 15 is 0 Å². The summed E-state index contributed by atoms with van der Waals surface area (Å²) >= 11 is 0. The van der Waals surface area contributed by atoms with Gasteiger partial charge in [-0.25, -0.2) is 0 Å². The summed E-state index contributed by atoms with van der Waals surface area (Å²) in [5, 5.41) is 0. The van der Waals surface area contributed by atoms with E-state index in [0.29, 0.717) is 17.9 Å². The van der Waals surface area contributed by atoms with Gasteiger partial charge in [-0.3, -0.25) is 0 Å². The average molecular weight is 362 g/mol. The summed E-state index contributed by atoms with van der Waals surface area (Å²) in [4.78, 5) is 0. The zero-order valence-corrected chi connectivity index (χ0v) is 16.8. The van der Waals surface area contributed by atoms with E-state index in [1.807, 2.05) is 0 Å². The minimum absolute atomic E-state index is 0.376. The molecular formula is C18H36O3P2. The molecule has 1 atom stereocenters. The molecule has 0 bridgehead atoms. The predicted molar refractivity (Wildman–Crippen MR) is 102 cm³/mol. The Morgan fingerprint density at radius 1 is 0.565 bits per heavy atom. The Labute approximate surface area is 145 Å². The Morgan fingerprint density at radius 3 is 1.35 bits per heavy atom. The molecule has 5 heteroatoms. The van der Waals surface area contributed by atoms with Gasteiger partial charge in [-0.2, -0.15) is 0 Å². The summed E-state index contributed by atoms with van der Waals surface area (Å²) in [6.45, 7) is 0. The van der Waals surface area contributed by atoms with Crippen LogP contribution in [-0.2, 0) is 13.4 Å². The van der Waals surface area contributed by atoms with E-state index in [2.05, 4.69) is 9.47 Å². The minimum atomic E-state index is -2.58. The van der Waals surface area contributed by atoms with Crippen LogP contribution < -0.4 is 0 Å². The first-order valence-corrected chi connectivity index (χ1v) is 12.3. The average Bonchev–Trinajstić information content (AvgIpc) is 2.63. The van der Waals surface area contributed by atoms with Crippen LogP contribution in [0.25, 0.3) is 0 Å². The second-order valence-corrected chi connectivity index (χ2v) is 11.2. The van der Waals surface area contributed by atoms with Gasteiger partial charge in [-0.05, 0) is 0 Å². The van der Waals surface area contributed by atoms with Gasteiger partial charge in [0.1, 0.15) is 0 Å². The molecule has 0 aromatic heterocycles. The van der Waals surface area contributed by atoms with E-state index in [4.69, 9.17) is 13.4 Å². The van der Waals surface area contributed by atoms with Gasteiger partial charge in [0, 0.05) is 0 Å². The topological polar surface area (TPSA) is 27.7 Å². The van der Waals surface area contributed by atoms with Crippen LogP contribution >= 0.6 is 17.4 Å². The molecule has 3 rings (SSSR count). The van der Waals surface area contributed by atoms with E-state index in [1.165, 1.54) is 96.3 Å². The molecule has 3 nitrogen and oxygen atoms in total. The molecule has 136 valence electrons. The van der Waals surface area contributed by atoms with E-state index in [0.717, 1.165) is 0 Å². The standard InChI is InChI=1S/C18H36O3P2/c22-21-23(18-14-8-3-9-15-18,19-16-10-4-1-5-11-16)20-17-12-6-2-7-13-17/h16-18,23H,1-15,22H2. The van der Waals surface area contributed by atoms with Crippen molar-refractivity contribution in [2.24, 2.45) is 0 Å². The monoisotopic (exact) mass is 362 g/mol. The fourth-order valence-corrected chi connectivity index (χ4v) is 8.83. The summed E-state index contributed by atoms with van der Waals surface area (Å²) < 4.78 is 19.6. The van der Waals surface area contributed by atoms with E-state index in [-0.39, 0.29) is 0 Å². The SMILES string of the molecule is PO[PH](OC1CCCCC1)(OC1CCCCC1)C1CCCCC1. The number of hydrogen-bond acceptors (Lipinski definition) is 3. The molecule has 3 aliphatic carbocycles. The molecule has 0 N–H and O–H groups in total. The Morgan fingerprint density at radius 2 is 0.957 bits per heavy atom. The van der Waals surface area contributed by atoms with Gasteiger partial charge in [0.25, 0.3) is 0 Å². The Balaban J connectivity index is 1.70. The third kappa shape index (κ3) is 5.11. The molecule has 1 unspecified atom stereocenters. The number of rotatable bonds is 6. The van der Waals surface area contributed by atoms with Crippen LogP contribution in [0.15, 0.2) is 0 Å². The molecule has 0 heterocycles. The van der Waals surface area contributed by atoms with Crippen LogP contribution in [0, 0.1) is 0 Å². The first kappa shape index (κ1) is 18.5. The van der Waals surface area contributed by atoms with Gasteiger partial charge < -0.3 is 0 Å². The third-order valence-corrected chi connectivity index (χ3v) is 10.3. The fourth-order valence-electron chi connectivity index (χ4n) is 4.66. The molecule has 3 fully saturated rings. The van der Waals surface area contributed by atoms with E-state index < -0.39 is 7.94 Å². The van der Waals surface area contributed by atoms with E-state index in [9.17, 15) is 0 Å². The zero-order valence-electron chi connectivity index (χ0n) is 14.6. The zero-order chi connectivity index (χ0) is 16.0. The first-order valence-electron chi connectivity index (χ1n) is 10.1. The molecular weight excluding hydrogens is 326 g/mol. The van der Waals surface area contributed by atoms with Crippen molar-refractivity contribution >= 4 is 17.4 Å². The fraction of sp³-hybridized carbons (Fsp3) is 1.00. The van der Waals surface area contributed by atoms with E-state index in [1.54, 1.807) is 0 Å². The molecule has 0 aromatic rings. The second-order valence-electron chi connectivity index (χ2n) is 7.81. The van der Waals surface area contributed by atoms with Crippen molar-refractivity contribution in [1.29, 1.82) is 0 Å². The normalized spacial score (nSPS) is 27.2. The van der Waals surface area contributed by atoms with Crippen molar-refractivity contribution in [2.75, 3.05) is 0 Å². The third-order valence-electron chi connectivity index (χ3n) is 6.04. The maximum absolute atomic E-state index is 6.74. The van der Waals surface area contributed by atoms with Crippen LogP contribution in [0.3, 0.4) is 0 Å². The van der Waals surface area contributed by atoms with Crippen LogP contribution in [0.2, 0.25) is 0 Å². The van der Waals surface area contributed by atoms with Crippen molar-refractivity contribution in [2.45, 2.75) is 114 Å². The predicted octanol–water partition coefficient (Wildman–Crippen LogP) is 6.32. The van der Waals surface area contributed by atoms with Gasteiger partial charge in [0.05, 0.1) is 0 Å². The first-order chi connectivity index (χ1) is 11.3. The van der Waals surface area contributed by atoms with Gasteiger partial charge in [-0.15, -0.1) is 0 Å². The summed E-state index contributed by atoms with van der Waals surface area (Å²) in [5.74, 6) is 0. The van der Waals surface area contributed by atoms with Gasteiger partial charge in [-0.1, -0.05) is 0 Å². The van der Waals surface area contributed by atoms with Crippen molar-refractivity contribution in [3.63, 3.8) is 0 Å². The maximum atomic E-state index is 6.74. The van der Waals surface area contributed by atoms with Crippen molar-refractivity contribution in [3.05, 3.63) is 0 Å². The summed E-state index contributed by atoms with van der Waals surface area (Å²) in [6.07, 6.45) is 20.0. The van der Waals surface area contributed by atoms with Crippen LogP contribution in [0.1, 0.15) is 96.3 Å². The molecule has 0 saturated heterocycles. The van der Waals surface area contributed by atoms with Crippen molar-refractivity contribution < 1.29 is 13.4 Å². The second kappa shape index (κ2) is 9.44. The van der Waals surface area contributed by atoms with Crippen molar-refractivity contribution in [1.82, 2.24) is 0 Å². The van der Waals surface area contributed by atoms with Crippen LogP contribution in [0.4, 0.5) is 0 Å². The van der Waals surface area contributed by atoms with Gasteiger partial charge in [0.15, 0.2) is 0 Å². The molecule has 0 amide bonds. The Bertz CT molecular complexity index is 315. The van der Waals surface area contributed by atoms with Crippen LogP contribution in [-0.4, -0.2) is 17.9 Å². The Hall–Kier alpha value is 0.740. The summed E-state index contributed by atoms with van der Waals surface area (Å²) in [6, 6.07) is 0. The molecule has 23 heavy (non-hydrogen) atoms. The summed E-state index contributed by atoms with van der Waals surface area (Å²) in [5.41, 5.74) is 0.526.